The highest BCUT2D eigenvalue weighted by Gasteiger charge is 2.51. The number of urea groups is 1. The van der Waals surface area contributed by atoms with Crippen LogP contribution in [0.15, 0.2) is 17.8 Å². The van der Waals surface area contributed by atoms with Gasteiger partial charge in [0.25, 0.3) is 5.91 Å². The summed E-state index contributed by atoms with van der Waals surface area (Å²) in [6.07, 6.45) is 1.44. The lowest BCUT2D eigenvalue weighted by atomic mass is 9.99. The number of primary amides is 1. The van der Waals surface area contributed by atoms with E-state index in [4.69, 9.17) is 15.4 Å². The molecule has 2 atom stereocenters. The molecule has 2 bridgehead atoms. The number of nitrogens with two attached hydrogens (primary N) is 1. The maximum atomic E-state index is 12.2. The molecule has 0 radical (unpaired) electrons. The average molecular weight is 312 g/mol. The molecule has 0 saturated carbocycles. The number of oxime groups is 1. The van der Waals surface area contributed by atoms with E-state index >= 15 is 0 Å². The Balaban J connectivity index is 2.21. The second kappa shape index (κ2) is 6.43. The average Bonchev–Trinajstić information content (AvgIpc) is 2.72. The Labute approximate surface area is 125 Å². The lowest BCUT2D eigenvalue weighted by Crippen LogP contribution is -2.48. The van der Waals surface area contributed by atoms with Crippen LogP contribution < -0.4 is 5.73 Å². The van der Waals surface area contributed by atoms with Crippen LogP contribution in [-0.2, 0) is 19.3 Å². The van der Waals surface area contributed by atoms with Crippen LogP contribution in [0.2, 0.25) is 0 Å². The smallest absolute Gasteiger partial charge is 0.345 e. The molecule has 0 aromatic heterocycles. The summed E-state index contributed by atoms with van der Waals surface area (Å²) in [5.74, 6) is -1.86. The molecule has 2 rings (SSSR count). The van der Waals surface area contributed by atoms with E-state index in [-0.39, 0.29) is 19.6 Å². The van der Waals surface area contributed by atoms with Gasteiger partial charge in [-0.2, -0.15) is 5.06 Å². The zero-order valence-electron chi connectivity index (χ0n) is 11.7. The molecule has 0 aliphatic carbocycles. The van der Waals surface area contributed by atoms with Crippen molar-refractivity contribution in [2.45, 2.75) is 18.5 Å². The number of piperidine rings is 1. The van der Waals surface area contributed by atoms with Crippen molar-refractivity contribution in [3.05, 3.63) is 12.7 Å². The van der Waals surface area contributed by atoms with Crippen molar-refractivity contribution in [2.75, 3.05) is 19.8 Å². The first-order valence-electron chi connectivity index (χ1n) is 6.49. The van der Waals surface area contributed by atoms with Gasteiger partial charge < -0.3 is 20.6 Å². The van der Waals surface area contributed by atoms with Crippen LogP contribution in [0.5, 0.6) is 0 Å². The second-order valence-corrected chi connectivity index (χ2v) is 4.74. The second-order valence-electron chi connectivity index (χ2n) is 4.74. The minimum Gasteiger partial charge on any atom is -0.480 e. The SMILES string of the molecule is C=CCON1C(=O)N2C[C@H]1/C(=N\OCC(N)=O)C[C@H]2C(=O)O. The number of carboxylic acids is 1. The molecule has 2 fully saturated rings. The number of hydrogen-bond acceptors (Lipinski definition) is 6. The number of carbonyl (C=O) groups is 3. The summed E-state index contributed by atoms with van der Waals surface area (Å²) in [5, 5.41) is 14.0. The van der Waals surface area contributed by atoms with Crippen molar-refractivity contribution >= 4 is 23.6 Å². The number of carbonyl (C=O) groups excluding carboxylic acids is 2. The molecule has 22 heavy (non-hydrogen) atoms. The van der Waals surface area contributed by atoms with Gasteiger partial charge in [0.05, 0.1) is 18.9 Å². The Hall–Kier alpha value is -2.62. The number of aliphatic carboxylic acids is 1. The van der Waals surface area contributed by atoms with Crippen molar-refractivity contribution in [2.24, 2.45) is 10.9 Å². The van der Waals surface area contributed by atoms with Crippen LogP contribution in [0, 0.1) is 0 Å². The largest absolute Gasteiger partial charge is 0.480 e. The van der Waals surface area contributed by atoms with E-state index in [0.717, 1.165) is 5.06 Å². The van der Waals surface area contributed by atoms with E-state index in [1.807, 2.05) is 0 Å². The molecule has 10 nitrogen and oxygen atoms in total. The van der Waals surface area contributed by atoms with Gasteiger partial charge in [0.1, 0.15) is 12.1 Å². The van der Waals surface area contributed by atoms with Crippen LogP contribution in [0.3, 0.4) is 0 Å². The van der Waals surface area contributed by atoms with E-state index in [0.29, 0.717) is 5.71 Å². The van der Waals surface area contributed by atoms with Crippen LogP contribution in [-0.4, -0.2) is 70.5 Å². The van der Waals surface area contributed by atoms with Crippen molar-refractivity contribution < 1.29 is 29.2 Å². The van der Waals surface area contributed by atoms with Gasteiger partial charge in [-0.25, -0.2) is 9.59 Å². The van der Waals surface area contributed by atoms with Gasteiger partial charge in [0.15, 0.2) is 6.61 Å². The molecule has 2 saturated heterocycles. The molecule has 2 aliphatic rings. The lowest BCUT2D eigenvalue weighted by Gasteiger charge is -2.28. The van der Waals surface area contributed by atoms with E-state index in [1.165, 1.54) is 11.0 Å². The fourth-order valence-electron chi connectivity index (χ4n) is 2.32. The van der Waals surface area contributed by atoms with Crippen LogP contribution in [0.4, 0.5) is 4.79 Å². The summed E-state index contributed by atoms with van der Waals surface area (Å²) in [4.78, 5) is 45.4. The maximum Gasteiger partial charge on any atom is 0.345 e. The minimum atomic E-state index is -1.15. The molecule has 10 heteroatoms. The number of fused-ring (bicyclic) bond motifs is 2. The summed E-state index contributed by atoms with van der Waals surface area (Å²) in [7, 11) is 0. The third-order valence-electron chi connectivity index (χ3n) is 3.26. The van der Waals surface area contributed by atoms with Crippen LogP contribution >= 0.6 is 0 Å². The minimum absolute atomic E-state index is 0.0154. The summed E-state index contributed by atoms with van der Waals surface area (Å²) >= 11 is 0. The van der Waals surface area contributed by atoms with Gasteiger partial charge in [-0.3, -0.25) is 9.63 Å². The Morgan fingerprint density at radius 3 is 2.86 bits per heavy atom. The van der Waals surface area contributed by atoms with Crippen molar-refractivity contribution in [1.82, 2.24) is 9.96 Å². The molecule has 3 N–H and O–H groups in total. The monoisotopic (exact) mass is 312 g/mol. The Morgan fingerprint density at radius 2 is 2.27 bits per heavy atom. The Morgan fingerprint density at radius 1 is 1.55 bits per heavy atom. The molecule has 120 valence electrons. The Bertz CT molecular complexity index is 534. The number of hydrogen-bond donors (Lipinski definition) is 2. The van der Waals surface area contributed by atoms with Gasteiger partial charge >= 0.3 is 12.0 Å². The van der Waals surface area contributed by atoms with E-state index < -0.39 is 36.6 Å². The molecule has 0 unspecified atom stereocenters. The lowest BCUT2D eigenvalue weighted by molar-refractivity contribution is -0.142. The molecule has 2 aliphatic heterocycles. The Kier molecular flexibility index (Phi) is 4.61. The topological polar surface area (TPSA) is 135 Å². The summed E-state index contributed by atoms with van der Waals surface area (Å²) in [6.45, 7) is 3.26. The zero-order chi connectivity index (χ0) is 16.3. The molecule has 2 heterocycles. The molecular weight excluding hydrogens is 296 g/mol. The van der Waals surface area contributed by atoms with E-state index in [9.17, 15) is 19.5 Å². The van der Waals surface area contributed by atoms with Gasteiger partial charge in [0.2, 0.25) is 0 Å². The predicted molar refractivity (Wildman–Crippen MR) is 72.5 cm³/mol. The van der Waals surface area contributed by atoms with Crippen molar-refractivity contribution in [1.29, 1.82) is 0 Å². The highest BCUT2D eigenvalue weighted by atomic mass is 16.7. The van der Waals surface area contributed by atoms with Crippen molar-refractivity contribution in [3.63, 3.8) is 0 Å². The predicted octanol–water partition coefficient (Wildman–Crippen LogP) is -1.07. The van der Waals surface area contributed by atoms with Crippen LogP contribution in [0.1, 0.15) is 6.42 Å². The third kappa shape index (κ3) is 3.01. The number of carboxylic acid groups (broad SMARTS) is 1. The summed E-state index contributed by atoms with van der Waals surface area (Å²) in [6, 6.07) is -2.19. The molecular formula is C12H16N4O6. The first kappa shape index (κ1) is 15.8. The number of nitrogens with zero attached hydrogens (tertiary/aromatic N) is 3. The first-order chi connectivity index (χ1) is 10.5. The van der Waals surface area contributed by atoms with Gasteiger partial charge in [0, 0.05) is 6.42 Å². The molecule has 3 amide bonds. The number of rotatable bonds is 7. The molecule has 0 aromatic carbocycles. The van der Waals surface area contributed by atoms with Gasteiger partial charge in [-0.1, -0.05) is 11.2 Å². The van der Waals surface area contributed by atoms with Gasteiger partial charge in [-0.05, 0) is 0 Å². The number of amides is 3. The highest BCUT2D eigenvalue weighted by molar-refractivity contribution is 6.01. The quantitative estimate of drug-likeness (QED) is 0.454. The summed E-state index contributed by atoms with van der Waals surface area (Å²) < 4.78 is 0. The first-order valence-corrected chi connectivity index (χ1v) is 6.49. The van der Waals surface area contributed by atoms with Crippen LogP contribution in [0.25, 0.3) is 0 Å². The third-order valence-corrected chi connectivity index (χ3v) is 3.26. The maximum absolute atomic E-state index is 12.2. The zero-order valence-corrected chi connectivity index (χ0v) is 11.7. The summed E-state index contributed by atoms with van der Waals surface area (Å²) in [5.41, 5.74) is 5.24. The number of hydroxylamine groups is 2. The highest BCUT2D eigenvalue weighted by Crippen LogP contribution is 2.29. The van der Waals surface area contributed by atoms with Crippen molar-refractivity contribution in [3.8, 4) is 0 Å². The molecule has 0 spiro atoms. The normalized spacial score (nSPS) is 25.5. The van der Waals surface area contributed by atoms with E-state index in [2.05, 4.69) is 11.7 Å². The van der Waals surface area contributed by atoms with E-state index in [1.54, 1.807) is 0 Å². The standard InChI is InChI=1S/C12H16N4O6/c1-2-3-22-16-9-5-15(12(16)20)8(11(18)19)4-7(9)14-21-6-10(13)17/h2,8-9H,1,3-6H2,(H2,13,17)(H,18,19)/b14-7-/t8-,9-/m0/s1. The molecule has 0 aromatic rings. The fraction of sp³-hybridized carbons (Fsp3) is 0.500. The fourth-order valence-corrected chi connectivity index (χ4v) is 2.32. The van der Waals surface area contributed by atoms with Gasteiger partial charge in [-0.15, -0.1) is 6.58 Å².